The zero-order chi connectivity index (χ0) is 10.7. The van der Waals surface area contributed by atoms with Gasteiger partial charge < -0.3 is 10.3 Å². The molecule has 15 heavy (non-hydrogen) atoms. The molecule has 0 aromatic carbocycles. The Bertz CT molecular complexity index is 432. The number of thiazole rings is 1. The van der Waals surface area contributed by atoms with Crippen molar-refractivity contribution >= 4 is 11.3 Å². The molecule has 0 radical (unpaired) electrons. The first kappa shape index (κ1) is 10.3. The minimum Gasteiger partial charge on any atom is -0.329 e. The van der Waals surface area contributed by atoms with E-state index >= 15 is 0 Å². The number of hydrogen-bond donors (Lipinski definition) is 1. The van der Waals surface area contributed by atoms with Gasteiger partial charge in [0.05, 0.1) is 18.2 Å². The smallest absolute Gasteiger partial charge is 0.141 e. The van der Waals surface area contributed by atoms with Crippen molar-refractivity contribution in [2.24, 2.45) is 5.73 Å². The lowest BCUT2D eigenvalue weighted by Crippen LogP contribution is -1.96. The third-order valence-corrected chi connectivity index (χ3v) is 3.19. The van der Waals surface area contributed by atoms with Crippen LogP contribution in [0.2, 0.25) is 0 Å². The molecule has 0 spiro atoms. The molecule has 0 aliphatic heterocycles. The molecule has 0 fully saturated rings. The molecular formula is C10H14N4S. The molecule has 80 valence electrons. The summed E-state index contributed by atoms with van der Waals surface area (Å²) in [5.74, 6) is 0. The molecule has 2 rings (SSSR count). The maximum Gasteiger partial charge on any atom is 0.141 e. The fraction of sp³-hybridized carbons (Fsp3) is 0.400. The van der Waals surface area contributed by atoms with Crippen LogP contribution in [0, 0.1) is 0 Å². The molecule has 0 aliphatic rings. The summed E-state index contributed by atoms with van der Waals surface area (Å²) in [6.45, 7) is 3.68. The maximum absolute atomic E-state index is 5.56. The Balaban J connectivity index is 2.31. The van der Waals surface area contributed by atoms with Crippen molar-refractivity contribution < 1.29 is 0 Å². The lowest BCUT2D eigenvalue weighted by Gasteiger charge is -2.02. The predicted molar refractivity (Wildman–Crippen MR) is 61.5 cm³/mol. The Hall–Kier alpha value is -1.20. The minimum atomic E-state index is 0.555. The van der Waals surface area contributed by atoms with E-state index in [1.54, 1.807) is 11.3 Å². The van der Waals surface area contributed by atoms with Gasteiger partial charge in [-0.3, -0.25) is 0 Å². The first-order valence-corrected chi connectivity index (χ1v) is 5.82. The lowest BCUT2D eigenvalue weighted by atomic mass is 10.4. The van der Waals surface area contributed by atoms with E-state index in [0.29, 0.717) is 6.54 Å². The van der Waals surface area contributed by atoms with Crippen LogP contribution in [0.15, 0.2) is 18.7 Å². The topological polar surface area (TPSA) is 56.7 Å². The van der Waals surface area contributed by atoms with E-state index in [1.165, 1.54) is 0 Å². The number of rotatable bonds is 4. The molecule has 0 atom stereocenters. The Labute approximate surface area is 92.8 Å². The molecule has 2 N–H and O–H groups in total. The van der Waals surface area contributed by atoms with Gasteiger partial charge in [0.25, 0.3) is 0 Å². The van der Waals surface area contributed by atoms with E-state index in [-0.39, 0.29) is 0 Å². The van der Waals surface area contributed by atoms with Crippen molar-refractivity contribution in [1.29, 1.82) is 0 Å². The van der Waals surface area contributed by atoms with E-state index < -0.39 is 0 Å². The second-order valence-corrected chi connectivity index (χ2v) is 4.42. The minimum absolute atomic E-state index is 0.555. The largest absolute Gasteiger partial charge is 0.329 e. The molecule has 2 aromatic heterocycles. The maximum atomic E-state index is 5.56. The first-order valence-electron chi connectivity index (χ1n) is 5.00. The zero-order valence-corrected chi connectivity index (χ0v) is 9.50. The number of aryl methyl sites for hydroxylation is 1. The molecule has 5 heteroatoms. The first-order chi connectivity index (χ1) is 7.35. The fourth-order valence-electron chi connectivity index (χ4n) is 1.44. The summed E-state index contributed by atoms with van der Waals surface area (Å²) in [4.78, 5) is 9.61. The van der Waals surface area contributed by atoms with Crippen LogP contribution in [-0.2, 0) is 13.1 Å². The summed E-state index contributed by atoms with van der Waals surface area (Å²) < 4.78 is 2.12. The van der Waals surface area contributed by atoms with Crippen molar-refractivity contribution in [2.45, 2.75) is 26.4 Å². The highest BCUT2D eigenvalue weighted by atomic mass is 32.1. The van der Waals surface area contributed by atoms with Gasteiger partial charge >= 0.3 is 0 Å². The average molecular weight is 222 g/mol. The SMILES string of the molecule is CCCn1cncc1-c1ncc(CN)s1. The van der Waals surface area contributed by atoms with Gasteiger partial charge in [-0.25, -0.2) is 9.97 Å². The summed E-state index contributed by atoms with van der Waals surface area (Å²) in [6.07, 6.45) is 6.64. The van der Waals surface area contributed by atoms with E-state index in [2.05, 4.69) is 21.5 Å². The molecule has 0 bridgehead atoms. The zero-order valence-electron chi connectivity index (χ0n) is 8.68. The molecule has 0 aliphatic carbocycles. The molecular weight excluding hydrogens is 208 g/mol. The Kier molecular flexibility index (Phi) is 3.13. The van der Waals surface area contributed by atoms with Crippen LogP contribution < -0.4 is 5.73 Å². The van der Waals surface area contributed by atoms with Gasteiger partial charge in [0.1, 0.15) is 5.01 Å². The van der Waals surface area contributed by atoms with Crippen molar-refractivity contribution in [3.8, 4) is 10.7 Å². The quantitative estimate of drug-likeness (QED) is 0.859. The molecule has 0 amide bonds. The molecule has 0 unspecified atom stereocenters. The summed E-state index contributed by atoms with van der Waals surface area (Å²) in [7, 11) is 0. The van der Waals surface area contributed by atoms with Crippen molar-refractivity contribution in [2.75, 3.05) is 0 Å². The number of nitrogens with two attached hydrogens (primary N) is 1. The van der Waals surface area contributed by atoms with Crippen molar-refractivity contribution in [3.05, 3.63) is 23.6 Å². The van der Waals surface area contributed by atoms with Gasteiger partial charge in [-0.2, -0.15) is 0 Å². The van der Waals surface area contributed by atoms with Gasteiger partial charge in [0, 0.05) is 24.2 Å². The average Bonchev–Trinajstić information content (AvgIpc) is 2.85. The van der Waals surface area contributed by atoms with Crippen molar-refractivity contribution in [1.82, 2.24) is 14.5 Å². The molecule has 2 aromatic rings. The molecule has 4 nitrogen and oxygen atoms in total. The highest BCUT2D eigenvalue weighted by Crippen LogP contribution is 2.24. The van der Waals surface area contributed by atoms with E-state index in [4.69, 9.17) is 5.73 Å². The van der Waals surface area contributed by atoms with Crippen LogP contribution in [0.3, 0.4) is 0 Å². The summed E-state index contributed by atoms with van der Waals surface area (Å²) in [5, 5.41) is 1.00. The number of nitrogens with zero attached hydrogens (tertiary/aromatic N) is 3. The third kappa shape index (κ3) is 2.08. The van der Waals surface area contributed by atoms with Gasteiger partial charge in [0.2, 0.25) is 0 Å². The Morgan fingerprint density at radius 2 is 2.33 bits per heavy atom. The normalized spacial score (nSPS) is 10.8. The second-order valence-electron chi connectivity index (χ2n) is 3.31. The fourth-order valence-corrected chi connectivity index (χ4v) is 2.26. The standard InChI is InChI=1S/C10H14N4S/c1-2-3-14-7-12-6-9(14)10-13-5-8(4-11)15-10/h5-7H,2-4,11H2,1H3. The van der Waals surface area contributed by atoms with Gasteiger partial charge in [-0.15, -0.1) is 11.3 Å². The van der Waals surface area contributed by atoms with Crippen LogP contribution in [0.25, 0.3) is 10.7 Å². The Morgan fingerprint density at radius 1 is 1.47 bits per heavy atom. The predicted octanol–water partition coefficient (Wildman–Crippen LogP) is 1.88. The molecule has 2 heterocycles. The van der Waals surface area contributed by atoms with Crippen LogP contribution in [0.1, 0.15) is 18.2 Å². The number of aromatic nitrogens is 3. The van der Waals surface area contributed by atoms with E-state index in [0.717, 1.165) is 28.5 Å². The lowest BCUT2D eigenvalue weighted by molar-refractivity contribution is 0.684. The van der Waals surface area contributed by atoms with Crippen LogP contribution in [0.5, 0.6) is 0 Å². The highest BCUT2D eigenvalue weighted by Gasteiger charge is 2.08. The molecule has 0 saturated carbocycles. The molecule has 0 saturated heterocycles. The van der Waals surface area contributed by atoms with Gasteiger partial charge in [0.15, 0.2) is 0 Å². The van der Waals surface area contributed by atoms with Crippen LogP contribution in [0.4, 0.5) is 0 Å². The van der Waals surface area contributed by atoms with Crippen LogP contribution >= 0.6 is 11.3 Å². The van der Waals surface area contributed by atoms with E-state index in [1.807, 2.05) is 18.7 Å². The number of imidazole rings is 1. The monoisotopic (exact) mass is 222 g/mol. The van der Waals surface area contributed by atoms with Gasteiger partial charge in [-0.05, 0) is 6.42 Å². The second kappa shape index (κ2) is 4.55. The van der Waals surface area contributed by atoms with Crippen LogP contribution in [-0.4, -0.2) is 14.5 Å². The Morgan fingerprint density at radius 3 is 3.00 bits per heavy atom. The van der Waals surface area contributed by atoms with Gasteiger partial charge in [-0.1, -0.05) is 6.92 Å². The van der Waals surface area contributed by atoms with Crippen molar-refractivity contribution in [3.63, 3.8) is 0 Å². The summed E-state index contributed by atoms with van der Waals surface area (Å²) >= 11 is 1.63. The van der Waals surface area contributed by atoms with E-state index in [9.17, 15) is 0 Å². The summed E-state index contributed by atoms with van der Waals surface area (Å²) in [6, 6.07) is 0. The highest BCUT2D eigenvalue weighted by molar-refractivity contribution is 7.14. The number of hydrogen-bond acceptors (Lipinski definition) is 4. The third-order valence-electron chi connectivity index (χ3n) is 2.15. The summed E-state index contributed by atoms with van der Waals surface area (Å²) in [5.41, 5.74) is 6.65.